The van der Waals surface area contributed by atoms with Crippen molar-refractivity contribution in [2.45, 2.75) is 6.04 Å². The van der Waals surface area contributed by atoms with Crippen molar-refractivity contribution in [3.63, 3.8) is 0 Å². The number of amides is 1. The van der Waals surface area contributed by atoms with Gasteiger partial charge in [0.2, 0.25) is 0 Å². The molecule has 3 rings (SSSR count). The minimum Gasteiger partial charge on any atom is -0.344 e. The van der Waals surface area contributed by atoms with Gasteiger partial charge < -0.3 is 5.32 Å². The monoisotopic (exact) mass is 338 g/mol. The van der Waals surface area contributed by atoms with E-state index in [-0.39, 0.29) is 11.9 Å². The van der Waals surface area contributed by atoms with E-state index in [1.165, 1.54) is 0 Å². The molecule has 0 aliphatic heterocycles. The second-order valence-corrected chi connectivity index (χ2v) is 7.07. The van der Waals surface area contributed by atoms with Gasteiger partial charge in [-0.15, -0.1) is 0 Å². The normalized spacial score (nSPS) is 13.4. The third-order valence-corrected chi connectivity index (χ3v) is 4.58. The van der Waals surface area contributed by atoms with Crippen LogP contribution in [0.5, 0.6) is 0 Å². The summed E-state index contributed by atoms with van der Waals surface area (Å²) in [6, 6.07) is 18.5. The highest BCUT2D eigenvalue weighted by atomic mass is 32.2. The fraction of sp³-hybridized carbons (Fsp3) is 0.158. The smallest absolute Gasteiger partial charge is 0.251 e. The predicted octanol–water partition coefficient (Wildman–Crippen LogP) is 3.08. The predicted molar refractivity (Wildman–Crippen MR) is 97.3 cm³/mol. The van der Waals surface area contributed by atoms with Crippen molar-refractivity contribution in [3.8, 4) is 0 Å². The highest BCUT2D eigenvalue weighted by Crippen LogP contribution is 2.17. The van der Waals surface area contributed by atoms with Gasteiger partial charge in [-0.25, -0.2) is 0 Å². The van der Waals surface area contributed by atoms with Gasteiger partial charge in [0.05, 0.1) is 11.6 Å². The largest absolute Gasteiger partial charge is 0.344 e. The number of carbonyl (C=O) groups is 1. The summed E-state index contributed by atoms with van der Waals surface area (Å²) in [6.45, 7) is 0. The molecule has 5 heteroatoms. The van der Waals surface area contributed by atoms with Crippen LogP contribution in [-0.4, -0.2) is 27.1 Å². The molecular formula is C19H18N2O2S. The summed E-state index contributed by atoms with van der Waals surface area (Å²) in [5, 5.41) is 3.91. The van der Waals surface area contributed by atoms with Gasteiger partial charge in [0.15, 0.2) is 0 Å². The van der Waals surface area contributed by atoms with Crippen molar-refractivity contribution in [2.24, 2.45) is 0 Å². The molecule has 24 heavy (non-hydrogen) atoms. The van der Waals surface area contributed by atoms with E-state index in [2.05, 4.69) is 10.3 Å². The first-order chi connectivity index (χ1) is 11.6. The van der Waals surface area contributed by atoms with Crippen LogP contribution in [-0.2, 0) is 10.8 Å². The Hall–Kier alpha value is -2.53. The molecule has 1 N–H and O–H groups in total. The average Bonchev–Trinajstić information content (AvgIpc) is 2.61. The number of pyridine rings is 1. The van der Waals surface area contributed by atoms with Gasteiger partial charge in [0, 0.05) is 40.0 Å². The van der Waals surface area contributed by atoms with Crippen molar-refractivity contribution in [1.29, 1.82) is 0 Å². The molecule has 0 saturated carbocycles. The van der Waals surface area contributed by atoms with Crippen LogP contribution >= 0.6 is 0 Å². The molecule has 0 radical (unpaired) electrons. The van der Waals surface area contributed by atoms with E-state index in [0.717, 1.165) is 16.5 Å². The number of aromatic nitrogens is 1. The summed E-state index contributed by atoms with van der Waals surface area (Å²) in [6.07, 6.45) is 3.37. The molecule has 1 aromatic heterocycles. The van der Waals surface area contributed by atoms with Crippen LogP contribution in [0.15, 0.2) is 66.9 Å². The zero-order valence-electron chi connectivity index (χ0n) is 13.3. The van der Waals surface area contributed by atoms with E-state index in [9.17, 15) is 9.00 Å². The standard InChI is InChI=1S/C19H18N2O2S/c1-24(23)13-18(14-6-3-2-4-7-14)21-19(22)16-9-10-17-15(12-16)8-5-11-20-17/h2-12,18H,13H2,1H3,(H,21,22)/t18-,24-/m1/s1. The minimum atomic E-state index is -1.02. The van der Waals surface area contributed by atoms with Gasteiger partial charge in [0.1, 0.15) is 0 Å². The second kappa shape index (κ2) is 7.36. The van der Waals surface area contributed by atoms with Crippen LogP contribution in [0, 0.1) is 0 Å². The van der Waals surface area contributed by atoms with Crippen molar-refractivity contribution < 1.29 is 9.00 Å². The summed E-state index contributed by atoms with van der Waals surface area (Å²) < 4.78 is 11.7. The summed E-state index contributed by atoms with van der Waals surface area (Å²) >= 11 is 0. The van der Waals surface area contributed by atoms with E-state index in [4.69, 9.17) is 0 Å². The van der Waals surface area contributed by atoms with Gasteiger partial charge in [-0.2, -0.15) is 0 Å². The molecule has 1 heterocycles. The Morgan fingerprint density at radius 3 is 2.67 bits per heavy atom. The lowest BCUT2D eigenvalue weighted by Gasteiger charge is -2.18. The second-order valence-electron chi connectivity index (χ2n) is 5.59. The van der Waals surface area contributed by atoms with Gasteiger partial charge >= 0.3 is 0 Å². The van der Waals surface area contributed by atoms with Crippen LogP contribution in [0.3, 0.4) is 0 Å². The molecule has 0 aliphatic rings. The molecule has 0 unspecified atom stereocenters. The molecule has 0 saturated heterocycles. The lowest BCUT2D eigenvalue weighted by molar-refractivity contribution is 0.0940. The van der Waals surface area contributed by atoms with Crippen LogP contribution < -0.4 is 5.32 Å². The fourth-order valence-corrected chi connectivity index (χ4v) is 3.34. The SMILES string of the molecule is C[S@@](=O)C[C@@H](NC(=O)c1ccc2ncccc2c1)c1ccccc1. The third-order valence-electron chi connectivity index (χ3n) is 3.77. The summed E-state index contributed by atoms with van der Waals surface area (Å²) in [5.74, 6) is 0.199. The van der Waals surface area contributed by atoms with Crippen molar-refractivity contribution in [2.75, 3.05) is 12.0 Å². The molecule has 0 bridgehead atoms. The quantitative estimate of drug-likeness (QED) is 0.778. The van der Waals surface area contributed by atoms with Crippen LogP contribution in [0.2, 0.25) is 0 Å². The molecule has 1 amide bonds. The van der Waals surface area contributed by atoms with Crippen LogP contribution in [0.1, 0.15) is 22.0 Å². The molecule has 4 nitrogen and oxygen atoms in total. The van der Waals surface area contributed by atoms with E-state index in [1.807, 2.05) is 54.6 Å². The number of benzene rings is 2. The fourth-order valence-electron chi connectivity index (χ4n) is 2.60. The third kappa shape index (κ3) is 3.86. The van der Waals surface area contributed by atoms with Gasteiger partial charge in [0.25, 0.3) is 5.91 Å². The highest BCUT2D eigenvalue weighted by Gasteiger charge is 2.17. The number of carbonyl (C=O) groups excluding carboxylic acids is 1. The first kappa shape index (κ1) is 16.3. The maximum atomic E-state index is 12.6. The van der Waals surface area contributed by atoms with E-state index in [1.54, 1.807) is 18.5 Å². The van der Waals surface area contributed by atoms with E-state index < -0.39 is 10.8 Å². The zero-order valence-corrected chi connectivity index (χ0v) is 14.1. The topological polar surface area (TPSA) is 59.1 Å². The number of fused-ring (bicyclic) bond motifs is 1. The zero-order chi connectivity index (χ0) is 16.9. The molecule has 2 atom stereocenters. The molecule has 0 fully saturated rings. The number of nitrogens with zero attached hydrogens (tertiary/aromatic N) is 1. The van der Waals surface area contributed by atoms with Gasteiger partial charge in [-0.3, -0.25) is 14.0 Å². The molecule has 3 aromatic rings. The van der Waals surface area contributed by atoms with Crippen molar-refractivity contribution in [3.05, 3.63) is 78.0 Å². The number of hydrogen-bond acceptors (Lipinski definition) is 3. The van der Waals surface area contributed by atoms with Crippen molar-refractivity contribution >= 4 is 27.6 Å². The lowest BCUT2D eigenvalue weighted by atomic mass is 10.1. The average molecular weight is 338 g/mol. The van der Waals surface area contributed by atoms with Crippen molar-refractivity contribution in [1.82, 2.24) is 10.3 Å². The van der Waals surface area contributed by atoms with E-state index >= 15 is 0 Å². The maximum Gasteiger partial charge on any atom is 0.251 e. The molecule has 122 valence electrons. The Labute approximate surface area is 143 Å². The minimum absolute atomic E-state index is 0.181. The Kier molecular flexibility index (Phi) is 5.01. The maximum absolute atomic E-state index is 12.6. The Bertz CT molecular complexity index is 881. The Balaban J connectivity index is 1.85. The first-order valence-corrected chi connectivity index (χ1v) is 9.37. The molecule has 0 aliphatic carbocycles. The Morgan fingerprint density at radius 1 is 1.12 bits per heavy atom. The summed E-state index contributed by atoms with van der Waals surface area (Å²) in [4.78, 5) is 16.9. The van der Waals surface area contributed by atoms with E-state index in [0.29, 0.717) is 11.3 Å². The van der Waals surface area contributed by atoms with Gasteiger partial charge in [-0.1, -0.05) is 36.4 Å². The molecule has 2 aromatic carbocycles. The number of hydrogen-bond donors (Lipinski definition) is 1. The molecule has 0 spiro atoms. The van der Waals surface area contributed by atoms with Crippen LogP contribution in [0.4, 0.5) is 0 Å². The molecular weight excluding hydrogens is 320 g/mol. The lowest BCUT2D eigenvalue weighted by Crippen LogP contribution is -2.31. The summed E-state index contributed by atoms with van der Waals surface area (Å²) in [5.41, 5.74) is 2.37. The number of rotatable bonds is 5. The highest BCUT2D eigenvalue weighted by molar-refractivity contribution is 7.84. The number of nitrogens with one attached hydrogen (secondary N) is 1. The van der Waals surface area contributed by atoms with Gasteiger partial charge in [-0.05, 0) is 29.8 Å². The summed E-state index contributed by atoms with van der Waals surface area (Å²) in [7, 11) is -1.02. The Morgan fingerprint density at radius 2 is 1.92 bits per heavy atom. The first-order valence-electron chi connectivity index (χ1n) is 7.64. The van der Waals surface area contributed by atoms with Crippen LogP contribution in [0.25, 0.3) is 10.9 Å².